The average Bonchev–Trinajstić information content (AvgIpc) is 2.33. The molecular weight excluding hydrogens is 186 g/mol. The topological polar surface area (TPSA) is 22.1 Å². The van der Waals surface area contributed by atoms with Gasteiger partial charge in [-0.2, -0.15) is 0 Å². The highest BCUT2D eigenvalue weighted by atomic mass is 16.5. The van der Waals surface area contributed by atoms with Gasteiger partial charge in [0.05, 0.1) is 7.11 Å². The van der Waals surface area contributed by atoms with Crippen molar-refractivity contribution in [3.05, 3.63) is 36.2 Å². The second-order valence-electron chi connectivity index (χ2n) is 3.01. The first-order valence-corrected chi connectivity index (χ1v) is 5.20. The molecule has 2 aromatic rings. The van der Waals surface area contributed by atoms with E-state index < -0.39 is 0 Å². The van der Waals surface area contributed by atoms with Crippen LogP contribution in [0.25, 0.3) is 10.8 Å². The summed E-state index contributed by atoms with van der Waals surface area (Å²) in [5.74, 6) is 0.883. The minimum absolute atomic E-state index is 0.883. The fourth-order valence-corrected chi connectivity index (χ4v) is 1.49. The molecule has 0 aliphatic carbocycles. The van der Waals surface area contributed by atoms with Crippen molar-refractivity contribution < 1.29 is 4.74 Å². The Hall–Kier alpha value is -1.57. The number of methoxy groups -OCH3 is 1. The van der Waals surface area contributed by atoms with Crippen molar-refractivity contribution in [3.8, 4) is 5.75 Å². The van der Waals surface area contributed by atoms with Gasteiger partial charge in [-0.1, -0.05) is 19.9 Å². The summed E-state index contributed by atoms with van der Waals surface area (Å²) >= 11 is 0. The van der Waals surface area contributed by atoms with Gasteiger partial charge in [-0.3, -0.25) is 4.98 Å². The van der Waals surface area contributed by atoms with Crippen molar-refractivity contribution >= 4 is 10.8 Å². The van der Waals surface area contributed by atoms with E-state index in [9.17, 15) is 0 Å². The van der Waals surface area contributed by atoms with Crippen LogP contribution in [0.15, 0.2) is 30.6 Å². The zero-order valence-corrected chi connectivity index (χ0v) is 9.74. The standard InChI is InChI=1S/C11H11NO.C2H6/c1-8-3-4-11(13-2)10-7-12-6-5-9(8)10;1-2/h3-7H,1-2H3;1-2H3. The summed E-state index contributed by atoms with van der Waals surface area (Å²) < 4.78 is 5.24. The van der Waals surface area contributed by atoms with E-state index >= 15 is 0 Å². The Bertz CT molecular complexity index is 437. The molecule has 2 rings (SSSR count). The molecule has 15 heavy (non-hydrogen) atoms. The number of hydrogen-bond donors (Lipinski definition) is 0. The van der Waals surface area contributed by atoms with E-state index in [2.05, 4.69) is 18.0 Å². The molecule has 0 radical (unpaired) electrons. The van der Waals surface area contributed by atoms with Crippen LogP contribution in [0.2, 0.25) is 0 Å². The number of nitrogens with zero attached hydrogens (tertiary/aromatic N) is 1. The number of rotatable bonds is 1. The van der Waals surface area contributed by atoms with Crippen molar-refractivity contribution in [2.45, 2.75) is 20.8 Å². The summed E-state index contributed by atoms with van der Waals surface area (Å²) in [4.78, 5) is 4.08. The normalized spacial score (nSPS) is 9.33. The Morgan fingerprint density at radius 3 is 2.47 bits per heavy atom. The highest BCUT2D eigenvalue weighted by molar-refractivity contribution is 5.90. The maximum atomic E-state index is 5.24. The molecule has 0 fully saturated rings. The van der Waals surface area contributed by atoms with Gasteiger partial charge in [0.2, 0.25) is 0 Å². The molecule has 0 aliphatic rings. The van der Waals surface area contributed by atoms with Crippen molar-refractivity contribution in [3.63, 3.8) is 0 Å². The number of pyridine rings is 1. The molecule has 0 saturated carbocycles. The van der Waals surface area contributed by atoms with Crippen LogP contribution in [0.5, 0.6) is 5.75 Å². The Morgan fingerprint density at radius 2 is 1.80 bits per heavy atom. The zero-order chi connectivity index (χ0) is 11.3. The maximum Gasteiger partial charge on any atom is 0.128 e. The highest BCUT2D eigenvalue weighted by Crippen LogP contribution is 2.26. The minimum atomic E-state index is 0.883. The SMILES string of the molecule is CC.COc1ccc(C)c2ccncc12. The van der Waals surface area contributed by atoms with Gasteiger partial charge >= 0.3 is 0 Å². The summed E-state index contributed by atoms with van der Waals surface area (Å²) in [6.07, 6.45) is 3.63. The van der Waals surface area contributed by atoms with Crippen LogP contribution < -0.4 is 4.74 Å². The molecule has 0 N–H and O–H groups in total. The van der Waals surface area contributed by atoms with Gasteiger partial charge < -0.3 is 4.74 Å². The first-order valence-electron chi connectivity index (χ1n) is 5.20. The van der Waals surface area contributed by atoms with E-state index in [1.807, 2.05) is 32.2 Å². The van der Waals surface area contributed by atoms with Crippen LogP contribution in [0, 0.1) is 6.92 Å². The third kappa shape index (κ3) is 2.27. The summed E-state index contributed by atoms with van der Waals surface area (Å²) in [7, 11) is 1.68. The molecule has 2 nitrogen and oxygen atoms in total. The number of hydrogen-bond acceptors (Lipinski definition) is 2. The van der Waals surface area contributed by atoms with Crippen LogP contribution in [-0.2, 0) is 0 Å². The first-order chi connectivity index (χ1) is 7.33. The van der Waals surface area contributed by atoms with Gasteiger partial charge in [-0.05, 0) is 30.0 Å². The zero-order valence-electron chi connectivity index (χ0n) is 9.74. The molecule has 80 valence electrons. The highest BCUT2D eigenvalue weighted by Gasteiger charge is 2.02. The fraction of sp³-hybridized carbons (Fsp3) is 0.308. The van der Waals surface area contributed by atoms with E-state index in [-0.39, 0.29) is 0 Å². The van der Waals surface area contributed by atoms with Crippen molar-refractivity contribution in [1.29, 1.82) is 0 Å². The molecule has 0 unspecified atom stereocenters. The molecule has 0 aliphatic heterocycles. The van der Waals surface area contributed by atoms with E-state index in [0.717, 1.165) is 11.1 Å². The predicted octanol–water partition coefficient (Wildman–Crippen LogP) is 3.58. The van der Waals surface area contributed by atoms with Crippen molar-refractivity contribution in [1.82, 2.24) is 4.98 Å². The van der Waals surface area contributed by atoms with Gasteiger partial charge in [0, 0.05) is 17.8 Å². The Balaban J connectivity index is 0.000000531. The molecule has 0 saturated heterocycles. The van der Waals surface area contributed by atoms with E-state index in [0.29, 0.717) is 0 Å². The number of ether oxygens (including phenoxy) is 1. The predicted molar refractivity (Wildman–Crippen MR) is 64.4 cm³/mol. The fourth-order valence-electron chi connectivity index (χ4n) is 1.49. The lowest BCUT2D eigenvalue weighted by Gasteiger charge is -2.06. The Morgan fingerprint density at radius 1 is 1.07 bits per heavy atom. The van der Waals surface area contributed by atoms with Gasteiger partial charge in [-0.15, -0.1) is 0 Å². The molecular formula is C13H17NO. The van der Waals surface area contributed by atoms with Crippen LogP contribution in [0.1, 0.15) is 19.4 Å². The molecule has 0 amide bonds. The smallest absolute Gasteiger partial charge is 0.128 e. The van der Waals surface area contributed by atoms with E-state index in [1.54, 1.807) is 13.3 Å². The summed E-state index contributed by atoms with van der Waals surface area (Å²) in [5.41, 5.74) is 1.25. The van der Waals surface area contributed by atoms with Gasteiger partial charge in [0.1, 0.15) is 5.75 Å². The molecule has 1 aromatic carbocycles. The summed E-state index contributed by atoms with van der Waals surface area (Å²) in [5, 5.41) is 2.28. The molecule has 1 heterocycles. The van der Waals surface area contributed by atoms with Gasteiger partial charge in [-0.25, -0.2) is 0 Å². The lowest BCUT2D eigenvalue weighted by atomic mass is 10.1. The van der Waals surface area contributed by atoms with Gasteiger partial charge in [0.15, 0.2) is 0 Å². The van der Waals surface area contributed by atoms with E-state index in [1.165, 1.54) is 10.9 Å². The molecule has 0 spiro atoms. The minimum Gasteiger partial charge on any atom is -0.496 e. The second-order valence-corrected chi connectivity index (χ2v) is 3.01. The Kier molecular flexibility index (Phi) is 4.10. The van der Waals surface area contributed by atoms with Crippen molar-refractivity contribution in [2.75, 3.05) is 7.11 Å². The number of aromatic nitrogens is 1. The maximum absolute atomic E-state index is 5.24. The molecule has 2 heteroatoms. The summed E-state index contributed by atoms with van der Waals surface area (Å²) in [6, 6.07) is 6.04. The van der Waals surface area contributed by atoms with Crippen LogP contribution >= 0.6 is 0 Å². The third-order valence-electron chi connectivity index (χ3n) is 2.22. The van der Waals surface area contributed by atoms with Crippen LogP contribution in [-0.4, -0.2) is 12.1 Å². The average molecular weight is 203 g/mol. The van der Waals surface area contributed by atoms with Crippen LogP contribution in [0.3, 0.4) is 0 Å². The van der Waals surface area contributed by atoms with Crippen LogP contribution in [0.4, 0.5) is 0 Å². The number of fused-ring (bicyclic) bond motifs is 1. The molecule has 0 bridgehead atoms. The number of benzene rings is 1. The first kappa shape index (κ1) is 11.5. The number of aryl methyl sites for hydroxylation is 1. The van der Waals surface area contributed by atoms with E-state index in [4.69, 9.17) is 4.74 Å². The molecule has 1 aromatic heterocycles. The van der Waals surface area contributed by atoms with Gasteiger partial charge in [0.25, 0.3) is 0 Å². The second kappa shape index (κ2) is 5.35. The summed E-state index contributed by atoms with van der Waals surface area (Å²) in [6.45, 7) is 6.09. The van der Waals surface area contributed by atoms with Crippen molar-refractivity contribution in [2.24, 2.45) is 0 Å². The largest absolute Gasteiger partial charge is 0.496 e. The Labute approximate surface area is 90.9 Å². The lowest BCUT2D eigenvalue weighted by molar-refractivity contribution is 0.419. The quantitative estimate of drug-likeness (QED) is 0.706. The monoisotopic (exact) mass is 203 g/mol. The molecule has 0 atom stereocenters. The lowest BCUT2D eigenvalue weighted by Crippen LogP contribution is -1.87. The third-order valence-corrected chi connectivity index (χ3v) is 2.22.